The lowest BCUT2D eigenvalue weighted by Gasteiger charge is -2.12. The molecule has 1 saturated heterocycles. The van der Waals surface area contributed by atoms with E-state index in [1.807, 2.05) is 48.5 Å². The molecule has 0 bridgehead atoms. The molecule has 7 nitrogen and oxygen atoms in total. The van der Waals surface area contributed by atoms with E-state index in [1.54, 1.807) is 22.7 Å². The van der Waals surface area contributed by atoms with Crippen LogP contribution in [-0.2, 0) is 9.59 Å². The minimum atomic E-state index is -0.367. The summed E-state index contributed by atoms with van der Waals surface area (Å²) >= 11 is 7.04. The summed E-state index contributed by atoms with van der Waals surface area (Å²) in [5, 5.41) is 2.61. The molecule has 1 aliphatic heterocycles. The molecule has 156 valence electrons. The van der Waals surface area contributed by atoms with E-state index < -0.39 is 0 Å². The van der Waals surface area contributed by atoms with Crippen molar-refractivity contribution >= 4 is 58.2 Å². The number of amides is 3. The van der Waals surface area contributed by atoms with Crippen molar-refractivity contribution in [3.8, 4) is 0 Å². The van der Waals surface area contributed by atoms with Gasteiger partial charge in [0.15, 0.2) is 5.15 Å². The van der Waals surface area contributed by atoms with Crippen LogP contribution in [0.3, 0.4) is 0 Å². The fraction of sp³-hybridized carbons (Fsp3) is 0.0909. The maximum absolute atomic E-state index is 12.5. The third-order valence-corrected chi connectivity index (χ3v) is 5.71. The number of hydrogen-bond donors (Lipinski definition) is 1. The van der Waals surface area contributed by atoms with Crippen LogP contribution in [0.2, 0.25) is 5.15 Å². The first-order valence-electron chi connectivity index (χ1n) is 9.42. The second-order valence-corrected chi connectivity index (χ2v) is 7.94. The Morgan fingerprint density at radius 3 is 2.71 bits per heavy atom. The first-order valence-corrected chi connectivity index (χ1v) is 10.6. The number of nitrogens with zero attached hydrogens (tertiary/aromatic N) is 3. The third-order valence-electron chi connectivity index (χ3n) is 4.52. The summed E-state index contributed by atoms with van der Waals surface area (Å²) < 4.78 is 1.77. The SMILES string of the molecule is O=C(/C=C/c1c(Cl)nc2ccccn12)NCCN1C(=O)S/C(=C/c2ccccc2)C1=O. The van der Waals surface area contributed by atoms with Crippen molar-refractivity contribution in [2.24, 2.45) is 0 Å². The zero-order chi connectivity index (χ0) is 21.8. The molecule has 4 rings (SSSR count). The largest absolute Gasteiger partial charge is 0.351 e. The molecule has 1 aromatic carbocycles. The van der Waals surface area contributed by atoms with Crippen molar-refractivity contribution in [2.75, 3.05) is 13.1 Å². The Hall–Kier alpha value is -3.36. The van der Waals surface area contributed by atoms with Crippen LogP contribution >= 0.6 is 23.4 Å². The Balaban J connectivity index is 1.33. The van der Waals surface area contributed by atoms with E-state index >= 15 is 0 Å². The van der Waals surface area contributed by atoms with Gasteiger partial charge in [-0.2, -0.15) is 0 Å². The van der Waals surface area contributed by atoms with E-state index in [0.717, 1.165) is 22.2 Å². The molecule has 3 amide bonds. The summed E-state index contributed by atoms with van der Waals surface area (Å²) in [5.41, 5.74) is 2.11. The first-order chi connectivity index (χ1) is 15.0. The van der Waals surface area contributed by atoms with Crippen LogP contribution in [0, 0.1) is 0 Å². The second kappa shape index (κ2) is 9.20. The molecule has 1 fully saturated rings. The molecule has 9 heteroatoms. The molecule has 0 unspecified atom stereocenters. The molecule has 31 heavy (non-hydrogen) atoms. The van der Waals surface area contributed by atoms with E-state index in [1.165, 1.54) is 6.08 Å². The highest BCUT2D eigenvalue weighted by Gasteiger charge is 2.34. The van der Waals surface area contributed by atoms with Crippen molar-refractivity contribution in [2.45, 2.75) is 0 Å². The maximum Gasteiger partial charge on any atom is 0.293 e. The van der Waals surface area contributed by atoms with Crippen molar-refractivity contribution in [3.63, 3.8) is 0 Å². The van der Waals surface area contributed by atoms with Crippen LogP contribution in [0.5, 0.6) is 0 Å². The predicted molar refractivity (Wildman–Crippen MR) is 121 cm³/mol. The van der Waals surface area contributed by atoms with Gasteiger partial charge in [-0.1, -0.05) is 48.0 Å². The summed E-state index contributed by atoms with van der Waals surface area (Å²) in [6, 6.07) is 14.8. The van der Waals surface area contributed by atoms with Gasteiger partial charge in [0.1, 0.15) is 5.65 Å². The number of imidazole rings is 1. The van der Waals surface area contributed by atoms with Gasteiger partial charge in [-0.3, -0.25) is 23.7 Å². The smallest absolute Gasteiger partial charge is 0.293 e. The summed E-state index contributed by atoms with van der Waals surface area (Å²) in [6.45, 7) is 0.230. The van der Waals surface area contributed by atoms with Crippen molar-refractivity contribution < 1.29 is 14.4 Å². The van der Waals surface area contributed by atoms with Gasteiger partial charge in [-0.25, -0.2) is 4.98 Å². The van der Waals surface area contributed by atoms with Gasteiger partial charge in [0.2, 0.25) is 5.91 Å². The number of benzene rings is 1. The number of rotatable bonds is 6. The second-order valence-electron chi connectivity index (χ2n) is 6.59. The van der Waals surface area contributed by atoms with Crippen LogP contribution in [-0.4, -0.2) is 44.4 Å². The average Bonchev–Trinajstić information content (AvgIpc) is 3.22. The van der Waals surface area contributed by atoms with Crippen molar-refractivity contribution in [1.82, 2.24) is 19.6 Å². The number of pyridine rings is 1. The van der Waals surface area contributed by atoms with Crippen LogP contribution < -0.4 is 5.32 Å². The monoisotopic (exact) mass is 452 g/mol. The molecule has 0 aliphatic carbocycles. The van der Waals surface area contributed by atoms with Gasteiger partial charge in [0.25, 0.3) is 11.1 Å². The standard InChI is InChI=1S/C22H17ClN4O3S/c23-20-16(26-12-5-4-8-18(26)25-20)9-10-19(28)24-11-13-27-21(29)17(31-22(27)30)14-15-6-2-1-3-7-15/h1-10,12,14H,11,13H2,(H,24,28)/b10-9+,17-14+. The predicted octanol–water partition coefficient (Wildman–Crippen LogP) is 3.85. The van der Waals surface area contributed by atoms with Crippen molar-refractivity contribution in [3.05, 3.63) is 82.1 Å². The van der Waals surface area contributed by atoms with Crippen molar-refractivity contribution in [1.29, 1.82) is 0 Å². The molecular weight excluding hydrogens is 436 g/mol. The summed E-state index contributed by atoms with van der Waals surface area (Å²) in [6.07, 6.45) is 6.40. The third kappa shape index (κ3) is 4.70. The van der Waals surface area contributed by atoms with Crippen LogP contribution in [0.1, 0.15) is 11.3 Å². The summed E-state index contributed by atoms with van der Waals surface area (Å²) in [5.74, 6) is -0.727. The number of halogens is 1. The molecule has 1 aliphatic rings. The molecule has 3 heterocycles. The van der Waals surface area contributed by atoms with Gasteiger partial charge < -0.3 is 5.32 Å². The number of imide groups is 1. The fourth-order valence-electron chi connectivity index (χ4n) is 3.03. The first kappa shape index (κ1) is 20.9. The van der Waals surface area contributed by atoms with Gasteiger partial charge in [0, 0.05) is 25.4 Å². The number of carbonyl (C=O) groups excluding carboxylic acids is 3. The molecular formula is C22H17ClN4O3S. The Morgan fingerprint density at radius 1 is 1.13 bits per heavy atom. The Bertz CT molecular complexity index is 1220. The average molecular weight is 453 g/mol. The Labute approximate surface area is 187 Å². The minimum Gasteiger partial charge on any atom is -0.351 e. The maximum atomic E-state index is 12.5. The van der Waals surface area contributed by atoms with Crippen LogP contribution in [0.4, 0.5) is 4.79 Å². The molecule has 0 radical (unpaired) electrons. The normalized spacial score (nSPS) is 15.5. The zero-order valence-electron chi connectivity index (χ0n) is 16.2. The number of carbonyl (C=O) groups is 3. The van der Waals surface area contributed by atoms with E-state index in [9.17, 15) is 14.4 Å². The lowest BCUT2D eigenvalue weighted by molar-refractivity contribution is -0.123. The van der Waals surface area contributed by atoms with Crippen LogP contribution in [0.15, 0.2) is 65.7 Å². The van der Waals surface area contributed by atoms with E-state index in [0.29, 0.717) is 21.4 Å². The highest BCUT2D eigenvalue weighted by molar-refractivity contribution is 8.18. The number of hydrogen-bond acceptors (Lipinski definition) is 5. The minimum absolute atomic E-state index is 0.0900. The molecule has 0 atom stereocenters. The molecule has 0 saturated carbocycles. The van der Waals surface area contributed by atoms with Gasteiger partial charge >= 0.3 is 0 Å². The topological polar surface area (TPSA) is 83.8 Å². The lowest BCUT2D eigenvalue weighted by Crippen LogP contribution is -2.36. The summed E-state index contributed by atoms with van der Waals surface area (Å²) in [4.78, 5) is 42.5. The Kier molecular flexibility index (Phi) is 6.20. The Morgan fingerprint density at radius 2 is 1.90 bits per heavy atom. The fourth-order valence-corrected chi connectivity index (χ4v) is 4.14. The van der Waals surface area contributed by atoms with Gasteiger partial charge in [0.05, 0.1) is 10.6 Å². The van der Waals surface area contributed by atoms with E-state index in [-0.39, 0.29) is 30.1 Å². The van der Waals surface area contributed by atoms with Gasteiger partial charge in [-0.05, 0) is 41.6 Å². The number of thioether (sulfide) groups is 1. The van der Waals surface area contributed by atoms with Crippen LogP contribution in [0.25, 0.3) is 17.8 Å². The van der Waals surface area contributed by atoms with Gasteiger partial charge in [-0.15, -0.1) is 0 Å². The zero-order valence-corrected chi connectivity index (χ0v) is 17.8. The molecule has 3 aromatic rings. The molecule has 2 aromatic heterocycles. The number of aromatic nitrogens is 2. The lowest BCUT2D eigenvalue weighted by atomic mass is 10.2. The molecule has 0 spiro atoms. The summed E-state index contributed by atoms with van der Waals surface area (Å²) in [7, 11) is 0. The number of nitrogens with one attached hydrogen (secondary N) is 1. The van der Waals surface area contributed by atoms with E-state index in [2.05, 4.69) is 10.3 Å². The van der Waals surface area contributed by atoms with E-state index in [4.69, 9.17) is 11.6 Å². The highest BCUT2D eigenvalue weighted by Crippen LogP contribution is 2.31. The quantitative estimate of drug-likeness (QED) is 0.574. The molecule has 1 N–H and O–H groups in total. The number of fused-ring (bicyclic) bond motifs is 1. The highest BCUT2D eigenvalue weighted by atomic mass is 35.5.